The van der Waals surface area contributed by atoms with E-state index in [1.165, 1.54) is 12.1 Å². The average Bonchev–Trinajstić information content (AvgIpc) is 3.36. The van der Waals surface area contributed by atoms with E-state index in [1.807, 2.05) is 0 Å². The lowest BCUT2D eigenvalue weighted by Crippen LogP contribution is -2.38. The van der Waals surface area contributed by atoms with E-state index in [1.54, 1.807) is 31.6 Å². The van der Waals surface area contributed by atoms with Crippen LogP contribution in [0.15, 0.2) is 45.9 Å². The van der Waals surface area contributed by atoms with Gasteiger partial charge in [-0.2, -0.15) is 4.98 Å². The Labute approximate surface area is 214 Å². The Balaban J connectivity index is 1.42. The van der Waals surface area contributed by atoms with Gasteiger partial charge in [0.2, 0.25) is 16.0 Å². The van der Waals surface area contributed by atoms with Gasteiger partial charge in [0.15, 0.2) is 11.4 Å². The third kappa shape index (κ3) is 7.34. The first kappa shape index (κ1) is 27.2. The third-order valence-electron chi connectivity index (χ3n) is 6.17. The number of ether oxygens (including phenoxy) is 1. The number of hydrogen-bond acceptors (Lipinski definition) is 9. The summed E-state index contributed by atoms with van der Waals surface area (Å²) in [5.74, 6) is 1.35. The molecule has 0 amide bonds. The van der Waals surface area contributed by atoms with Crippen molar-refractivity contribution < 1.29 is 26.4 Å². The Morgan fingerprint density at radius 3 is 2.62 bits per heavy atom. The molecule has 0 atom stereocenters. The molecular formula is C24H32F2N6O4S. The normalized spacial score (nSPS) is 15.1. The molecule has 0 spiro atoms. The van der Waals surface area contributed by atoms with E-state index in [9.17, 15) is 17.2 Å². The van der Waals surface area contributed by atoms with Crippen molar-refractivity contribution in [3.05, 3.63) is 36.6 Å². The number of rotatable bonds is 13. The number of nitrogens with one attached hydrogen (secondary N) is 3. The molecule has 0 unspecified atom stereocenters. The zero-order valence-corrected chi connectivity index (χ0v) is 21.4. The zero-order valence-electron chi connectivity index (χ0n) is 20.6. The second-order valence-corrected chi connectivity index (χ2v) is 10.6. The van der Waals surface area contributed by atoms with Gasteiger partial charge in [0.05, 0.1) is 17.7 Å². The molecule has 3 aromatic rings. The molecule has 13 heteroatoms. The maximum Gasteiger partial charge on any atom is 0.250 e. The lowest BCUT2D eigenvalue weighted by atomic mass is 9.97. The highest BCUT2D eigenvalue weighted by molar-refractivity contribution is 7.89. The highest BCUT2D eigenvalue weighted by Gasteiger charge is 2.24. The summed E-state index contributed by atoms with van der Waals surface area (Å²) in [6, 6.07) is 8.11. The van der Waals surface area contributed by atoms with Crippen molar-refractivity contribution >= 4 is 38.6 Å². The van der Waals surface area contributed by atoms with Crippen LogP contribution < -0.4 is 20.3 Å². The Bertz CT molecular complexity index is 1250. The molecule has 202 valence electrons. The molecule has 1 saturated heterocycles. The monoisotopic (exact) mass is 538 g/mol. The summed E-state index contributed by atoms with van der Waals surface area (Å²) in [4.78, 5) is 11.5. The van der Waals surface area contributed by atoms with Gasteiger partial charge in [-0.1, -0.05) is 0 Å². The highest BCUT2D eigenvalue weighted by Crippen LogP contribution is 2.30. The number of furan rings is 1. The number of hydrogen-bond donors (Lipinski definition) is 3. The fraction of sp³-hybridized carbons (Fsp3) is 0.500. The third-order valence-corrected chi connectivity index (χ3v) is 7.65. The van der Waals surface area contributed by atoms with E-state index in [0.717, 1.165) is 25.9 Å². The van der Waals surface area contributed by atoms with Gasteiger partial charge in [-0.25, -0.2) is 26.9 Å². The Morgan fingerprint density at radius 1 is 1.16 bits per heavy atom. The van der Waals surface area contributed by atoms with Crippen LogP contribution >= 0.6 is 0 Å². The van der Waals surface area contributed by atoms with Crippen LogP contribution in [-0.2, 0) is 14.8 Å². The Kier molecular flexibility index (Phi) is 9.24. The van der Waals surface area contributed by atoms with Crippen molar-refractivity contribution in [2.24, 2.45) is 5.92 Å². The van der Waals surface area contributed by atoms with Crippen molar-refractivity contribution in [1.29, 1.82) is 0 Å². The van der Waals surface area contributed by atoms with E-state index in [-0.39, 0.29) is 11.4 Å². The van der Waals surface area contributed by atoms with Crippen LogP contribution in [0.1, 0.15) is 19.3 Å². The van der Waals surface area contributed by atoms with Gasteiger partial charge in [0.1, 0.15) is 5.52 Å². The zero-order chi connectivity index (χ0) is 26.3. The molecule has 3 heterocycles. The molecule has 1 aromatic carbocycles. The number of anilines is 3. The maximum atomic E-state index is 12.5. The fourth-order valence-electron chi connectivity index (χ4n) is 4.22. The van der Waals surface area contributed by atoms with Gasteiger partial charge in [-0.3, -0.25) is 0 Å². The van der Waals surface area contributed by atoms with Crippen molar-refractivity contribution in [2.45, 2.75) is 30.6 Å². The first-order chi connectivity index (χ1) is 17.9. The van der Waals surface area contributed by atoms with Gasteiger partial charge in [-0.15, -0.1) is 0 Å². The van der Waals surface area contributed by atoms with Crippen molar-refractivity contribution in [3.8, 4) is 0 Å². The van der Waals surface area contributed by atoms with Crippen molar-refractivity contribution in [3.63, 3.8) is 0 Å². The number of alkyl halides is 2. The number of fused-ring (bicyclic) bond motifs is 1. The number of halogens is 2. The molecule has 37 heavy (non-hydrogen) atoms. The van der Waals surface area contributed by atoms with E-state index in [2.05, 4.69) is 30.2 Å². The second kappa shape index (κ2) is 12.6. The first-order valence-electron chi connectivity index (χ1n) is 12.2. The second-order valence-electron chi connectivity index (χ2n) is 8.88. The molecular weight excluding hydrogens is 506 g/mol. The molecule has 0 radical (unpaired) electrons. The molecule has 1 fully saturated rings. The molecule has 4 rings (SSSR count). The predicted molar refractivity (Wildman–Crippen MR) is 137 cm³/mol. The molecule has 10 nitrogen and oxygen atoms in total. The largest absolute Gasteiger partial charge is 0.459 e. The molecule has 1 aliphatic rings. The van der Waals surface area contributed by atoms with E-state index in [0.29, 0.717) is 60.6 Å². The predicted octanol–water partition coefficient (Wildman–Crippen LogP) is 3.35. The van der Waals surface area contributed by atoms with Crippen LogP contribution in [0.2, 0.25) is 0 Å². The summed E-state index contributed by atoms with van der Waals surface area (Å²) >= 11 is 0. The number of methoxy groups -OCH3 is 1. The van der Waals surface area contributed by atoms with Gasteiger partial charge in [0, 0.05) is 45.1 Å². The van der Waals surface area contributed by atoms with E-state index in [4.69, 9.17) is 9.15 Å². The topological polar surface area (TPSA) is 122 Å². The van der Waals surface area contributed by atoms with Crippen LogP contribution in [0.4, 0.5) is 26.2 Å². The van der Waals surface area contributed by atoms with Crippen molar-refractivity contribution in [2.75, 3.05) is 56.7 Å². The molecule has 3 N–H and O–H groups in total. The van der Waals surface area contributed by atoms with Crippen LogP contribution in [0, 0.1) is 5.92 Å². The average molecular weight is 539 g/mol. The van der Waals surface area contributed by atoms with Crippen LogP contribution in [0.25, 0.3) is 11.1 Å². The van der Waals surface area contributed by atoms with Gasteiger partial charge >= 0.3 is 0 Å². The standard InChI is InChI=1S/C24H32F2N6O4S/c1-35-13-2-10-28-37(33,34)19-5-3-18(4-6-19)29-24-30-20-9-14-36-22(20)23(31-24)32-11-7-17(8-12-32)15-27-16-21(25)26/h3-6,9,14,17,21,27-28H,2,7-8,10-13,15-16H2,1H3,(H,29,30,31). The van der Waals surface area contributed by atoms with E-state index >= 15 is 0 Å². The fourth-order valence-corrected chi connectivity index (χ4v) is 5.29. The number of nitrogens with zero attached hydrogens (tertiary/aromatic N) is 3. The van der Waals surface area contributed by atoms with Gasteiger partial charge in [0.25, 0.3) is 6.43 Å². The lowest BCUT2D eigenvalue weighted by Gasteiger charge is -2.33. The summed E-state index contributed by atoms with van der Waals surface area (Å²) < 4.78 is 62.9. The minimum Gasteiger partial charge on any atom is -0.459 e. The van der Waals surface area contributed by atoms with Crippen LogP contribution in [-0.4, -0.2) is 71.3 Å². The number of piperidine rings is 1. The lowest BCUT2D eigenvalue weighted by molar-refractivity contribution is 0.143. The van der Waals surface area contributed by atoms with E-state index < -0.39 is 16.4 Å². The first-order valence-corrected chi connectivity index (χ1v) is 13.7. The minimum atomic E-state index is -3.61. The SMILES string of the molecule is COCCCNS(=O)(=O)c1ccc(Nc2nc(N3CCC(CNCC(F)F)CC3)c3occc3n2)cc1. The van der Waals surface area contributed by atoms with Crippen LogP contribution in [0.3, 0.4) is 0 Å². The molecule has 0 bridgehead atoms. The molecule has 0 aliphatic carbocycles. The highest BCUT2D eigenvalue weighted by atomic mass is 32.2. The summed E-state index contributed by atoms with van der Waals surface area (Å²) in [6.07, 6.45) is 1.50. The summed E-state index contributed by atoms with van der Waals surface area (Å²) in [5.41, 5.74) is 1.87. The Morgan fingerprint density at radius 2 is 1.92 bits per heavy atom. The smallest absolute Gasteiger partial charge is 0.250 e. The van der Waals surface area contributed by atoms with Gasteiger partial charge < -0.3 is 24.7 Å². The van der Waals surface area contributed by atoms with Crippen LogP contribution in [0.5, 0.6) is 0 Å². The Hall–Kier alpha value is -2.87. The number of benzene rings is 1. The molecule has 0 saturated carbocycles. The summed E-state index contributed by atoms with van der Waals surface area (Å²) in [6.45, 7) is 2.49. The minimum absolute atomic E-state index is 0.160. The summed E-state index contributed by atoms with van der Waals surface area (Å²) in [7, 11) is -2.04. The summed E-state index contributed by atoms with van der Waals surface area (Å²) in [5, 5.41) is 5.98. The van der Waals surface area contributed by atoms with Gasteiger partial charge in [-0.05, 0) is 56.0 Å². The number of sulfonamides is 1. The number of aromatic nitrogens is 2. The maximum absolute atomic E-state index is 12.5. The van der Waals surface area contributed by atoms with Crippen molar-refractivity contribution in [1.82, 2.24) is 20.0 Å². The quantitative estimate of drug-likeness (QED) is 0.281. The molecule has 1 aliphatic heterocycles. The molecule has 2 aromatic heterocycles.